The van der Waals surface area contributed by atoms with Gasteiger partial charge in [0.05, 0.1) is 6.21 Å². The number of carbonyl (C=O) groups is 1. The quantitative estimate of drug-likeness (QED) is 0.477. The van der Waals surface area contributed by atoms with E-state index < -0.39 is 0 Å². The lowest BCUT2D eigenvalue weighted by Gasteiger charge is -2.09. The molecule has 0 radical (unpaired) electrons. The van der Waals surface area contributed by atoms with Gasteiger partial charge in [-0.25, -0.2) is 5.43 Å². The van der Waals surface area contributed by atoms with Crippen LogP contribution in [0.15, 0.2) is 84.0 Å². The summed E-state index contributed by atoms with van der Waals surface area (Å²) in [5.41, 5.74) is 5.45. The number of hydrogen-bond donors (Lipinski definition) is 1. The summed E-state index contributed by atoms with van der Waals surface area (Å²) in [5.74, 6) is 1.00. The molecule has 0 aromatic heterocycles. The van der Waals surface area contributed by atoms with E-state index in [1.165, 1.54) is 0 Å². The molecule has 0 aliphatic heterocycles. The zero-order valence-electron chi connectivity index (χ0n) is 15.7. The Morgan fingerprint density at radius 3 is 2.43 bits per heavy atom. The third kappa shape index (κ3) is 5.99. The second-order valence-electron chi connectivity index (χ2n) is 6.21. The van der Waals surface area contributed by atoms with Crippen molar-refractivity contribution in [2.45, 2.75) is 13.5 Å². The monoisotopic (exact) mass is 374 g/mol. The van der Waals surface area contributed by atoms with Crippen molar-refractivity contribution < 1.29 is 14.3 Å². The zero-order valence-corrected chi connectivity index (χ0v) is 15.7. The topological polar surface area (TPSA) is 59.9 Å². The molecule has 0 spiro atoms. The van der Waals surface area contributed by atoms with Crippen LogP contribution >= 0.6 is 0 Å². The molecule has 0 bridgehead atoms. The average molecular weight is 374 g/mol. The lowest BCUT2D eigenvalue weighted by molar-refractivity contribution is -0.123. The number of rotatable bonds is 8. The van der Waals surface area contributed by atoms with E-state index in [9.17, 15) is 4.79 Å². The number of ether oxygens (including phenoxy) is 2. The minimum Gasteiger partial charge on any atom is -0.488 e. The lowest BCUT2D eigenvalue weighted by Crippen LogP contribution is -2.24. The number of nitrogens with one attached hydrogen (secondary N) is 1. The molecule has 0 aliphatic carbocycles. The maximum absolute atomic E-state index is 11.9. The molecule has 0 fully saturated rings. The first-order valence-corrected chi connectivity index (χ1v) is 8.98. The van der Waals surface area contributed by atoms with Crippen molar-refractivity contribution in [1.82, 2.24) is 5.43 Å². The van der Waals surface area contributed by atoms with Gasteiger partial charge < -0.3 is 9.47 Å². The van der Waals surface area contributed by atoms with Crippen LogP contribution in [0.25, 0.3) is 0 Å². The summed E-state index contributed by atoms with van der Waals surface area (Å²) in [4.78, 5) is 11.9. The van der Waals surface area contributed by atoms with E-state index in [1.54, 1.807) is 6.21 Å². The number of benzene rings is 3. The molecule has 1 N–H and O–H groups in total. The summed E-state index contributed by atoms with van der Waals surface area (Å²) in [7, 11) is 0. The highest BCUT2D eigenvalue weighted by Crippen LogP contribution is 2.17. The molecule has 0 aliphatic rings. The van der Waals surface area contributed by atoms with Crippen molar-refractivity contribution in [3.63, 3.8) is 0 Å². The van der Waals surface area contributed by atoms with E-state index >= 15 is 0 Å². The van der Waals surface area contributed by atoms with Gasteiger partial charge in [-0.15, -0.1) is 0 Å². The molecule has 142 valence electrons. The molecule has 3 aromatic carbocycles. The second-order valence-corrected chi connectivity index (χ2v) is 6.21. The molecule has 1 amide bonds. The van der Waals surface area contributed by atoms with Gasteiger partial charge in [0.15, 0.2) is 6.61 Å². The van der Waals surface area contributed by atoms with Gasteiger partial charge in [0.25, 0.3) is 5.91 Å². The van der Waals surface area contributed by atoms with Crippen LogP contribution in [-0.4, -0.2) is 18.7 Å². The van der Waals surface area contributed by atoms with Crippen molar-refractivity contribution in [3.8, 4) is 11.5 Å². The fraction of sp³-hybridized carbons (Fsp3) is 0.130. The van der Waals surface area contributed by atoms with E-state index in [-0.39, 0.29) is 12.5 Å². The Hall–Kier alpha value is -3.60. The average Bonchev–Trinajstić information content (AvgIpc) is 2.73. The molecule has 3 rings (SSSR count). The van der Waals surface area contributed by atoms with Gasteiger partial charge in [0.2, 0.25) is 0 Å². The predicted octanol–water partition coefficient (Wildman–Crippen LogP) is 4.10. The molecule has 5 heteroatoms. The van der Waals surface area contributed by atoms with Gasteiger partial charge in [-0.1, -0.05) is 60.2 Å². The zero-order chi connectivity index (χ0) is 19.6. The number of hydrogen-bond acceptors (Lipinski definition) is 4. The minimum absolute atomic E-state index is 0.105. The Balaban J connectivity index is 1.50. The number of para-hydroxylation sites is 1. The summed E-state index contributed by atoms with van der Waals surface area (Å²) in [6.45, 7) is 2.35. The number of amides is 1. The lowest BCUT2D eigenvalue weighted by atomic mass is 10.2. The van der Waals surface area contributed by atoms with Crippen molar-refractivity contribution in [2.24, 2.45) is 5.10 Å². The van der Waals surface area contributed by atoms with Crippen molar-refractivity contribution in [1.29, 1.82) is 0 Å². The summed E-state index contributed by atoms with van der Waals surface area (Å²) < 4.78 is 11.3. The molecule has 0 saturated heterocycles. The molecular weight excluding hydrogens is 352 g/mol. The van der Waals surface area contributed by atoms with E-state index in [2.05, 4.69) is 10.5 Å². The molecule has 5 nitrogen and oxygen atoms in total. The third-order valence-corrected chi connectivity index (χ3v) is 3.94. The molecule has 3 aromatic rings. The summed E-state index contributed by atoms with van der Waals surface area (Å²) >= 11 is 0. The standard InChI is InChI=1S/C23H22N2O3/c1-18-11-13-21(14-12-18)27-17-23(26)25-24-15-20-9-5-6-10-22(20)28-16-19-7-3-2-4-8-19/h2-15H,16-17H2,1H3,(H,25,26)/b24-15-. The highest BCUT2D eigenvalue weighted by molar-refractivity contribution is 5.85. The highest BCUT2D eigenvalue weighted by Gasteiger charge is 2.03. The Labute approximate surface area is 164 Å². The largest absolute Gasteiger partial charge is 0.488 e. The molecule has 0 atom stereocenters. The molecule has 0 unspecified atom stereocenters. The first-order valence-electron chi connectivity index (χ1n) is 8.98. The number of aryl methyl sites for hydroxylation is 1. The van der Waals surface area contributed by atoms with E-state index in [0.29, 0.717) is 18.1 Å². The Bertz CT molecular complexity index is 922. The Morgan fingerprint density at radius 1 is 0.929 bits per heavy atom. The first-order chi connectivity index (χ1) is 13.7. The first kappa shape index (κ1) is 19.2. The van der Waals surface area contributed by atoms with Gasteiger partial charge in [0, 0.05) is 5.56 Å². The smallest absolute Gasteiger partial charge is 0.277 e. The van der Waals surface area contributed by atoms with Crippen LogP contribution in [0.4, 0.5) is 0 Å². The van der Waals surface area contributed by atoms with Crippen LogP contribution in [0, 0.1) is 6.92 Å². The van der Waals surface area contributed by atoms with Crippen molar-refractivity contribution >= 4 is 12.1 Å². The summed E-state index contributed by atoms with van der Waals surface area (Å²) in [6, 6.07) is 25.0. The van der Waals surface area contributed by atoms with Crippen LogP contribution in [0.1, 0.15) is 16.7 Å². The Morgan fingerprint density at radius 2 is 1.64 bits per heavy atom. The van der Waals surface area contributed by atoms with Crippen LogP contribution in [0.5, 0.6) is 11.5 Å². The normalized spacial score (nSPS) is 10.6. The van der Waals surface area contributed by atoms with Gasteiger partial charge in [-0.05, 0) is 36.8 Å². The fourth-order valence-corrected chi connectivity index (χ4v) is 2.44. The van der Waals surface area contributed by atoms with Gasteiger partial charge in [-0.3, -0.25) is 4.79 Å². The predicted molar refractivity (Wildman–Crippen MR) is 110 cm³/mol. The van der Waals surface area contributed by atoms with Crippen LogP contribution in [-0.2, 0) is 11.4 Å². The van der Waals surface area contributed by atoms with Gasteiger partial charge in [0.1, 0.15) is 18.1 Å². The SMILES string of the molecule is Cc1ccc(OCC(=O)N/N=C\c2ccccc2OCc2ccccc2)cc1. The molecule has 28 heavy (non-hydrogen) atoms. The number of carbonyl (C=O) groups excluding carboxylic acids is 1. The van der Waals surface area contributed by atoms with E-state index in [1.807, 2.05) is 85.8 Å². The van der Waals surface area contributed by atoms with Crippen molar-refractivity contribution in [2.75, 3.05) is 6.61 Å². The van der Waals surface area contributed by atoms with Crippen LogP contribution < -0.4 is 14.9 Å². The van der Waals surface area contributed by atoms with E-state index in [0.717, 1.165) is 16.7 Å². The second kappa shape index (κ2) is 9.92. The summed E-state index contributed by atoms with van der Waals surface area (Å²) in [6.07, 6.45) is 1.56. The maximum Gasteiger partial charge on any atom is 0.277 e. The van der Waals surface area contributed by atoms with Crippen LogP contribution in [0.3, 0.4) is 0 Å². The molecular formula is C23H22N2O3. The van der Waals surface area contributed by atoms with Crippen LogP contribution in [0.2, 0.25) is 0 Å². The fourth-order valence-electron chi connectivity index (χ4n) is 2.44. The highest BCUT2D eigenvalue weighted by atomic mass is 16.5. The number of nitrogens with zero attached hydrogens (tertiary/aromatic N) is 1. The van der Waals surface area contributed by atoms with Crippen molar-refractivity contribution in [3.05, 3.63) is 95.6 Å². The van der Waals surface area contributed by atoms with Gasteiger partial charge >= 0.3 is 0 Å². The van der Waals surface area contributed by atoms with E-state index in [4.69, 9.17) is 9.47 Å². The minimum atomic E-state index is -0.334. The Kier molecular flexibility index (Phi) is 6.79. The number of hydrazone groups is 1. The maximum atomic E-state index is 11.9. The molecule has 0 saturated carbocycles. The molecule has 0 heterocycles. The summed E-state index contributed by atoms with van der Waals surface area (Å²) in [5, 5.41) is 4.00. The third-order valence-electron chi connectivity index (χ3n) is 3.94. The van der Waals surface area contributed by atoms with Gasteiger partial charge in [-0.2, -0.15) is 5.10 Å².